The van der Waals surface area contributed by atoms with Crippen molar-refractivity contribution in [3.05, 3.63) is 76.9 Å². The van der Waals surface area contributed by atoms with E-state index in [1.54, 1.807) is 7.05 Å². The van der Waals surface area contributed by atoms with Crippen LogP contribution in [0.2, 0.25) is 0 Å². The number of nitrogens with zero attached hydrogens (tertiary/aromatic N) is 3. The Kier molecular flexibility index (Phi) is 5.50. The fourth-order valence-corrected chi connectivity index (χ4v) is 4.63. The number of carbonyl (C=O) groups is 1. The Morgan fingerprint density at radius 3 is 2.63 bits per heavy atom. The number of carbonyl (C=O) groups excluding carboxylic acids is 1. The average molecular weight is 400 g/mol. The second-order valence-electron chi connectivity index (χ2n) is 8.64. The Morgan fingerprint density at radius 1 is 1.27 bits per heavy atom. The van der Waals surface area contributed by atoms with E-state index < -0.39 is 0 Å². The van der Waals surface area contributed by atoms with Gasteiger partial charge in [0.1, 0.15) is 5.82 Å². The maximum atomic E-state index is 12.5. The van der Waals surface area contributed by atoms with Crippen molar-refractivity contribution in [3.8, 4) is 0 Å². The van der Waals surface area contributed by atoms with Crippen LogP contribution >= 0.6 is 0 Å². The molecule has 1 aromatic heterocycles. The van der Waals surface area contributed by atoms with Crippen LogP contribution in [0.15, 0.2) is 53.8 Å². The highest BCUT2D eigenvalue weighted by Crippen LogP contribution is 2.61. The second-order valence-corrected chi connectivity index (χ2v) is 8.64. The summed E-state index contributed by atoms with van der Waals surface area (Å²) < 4.78 is 0. The molecule has 4 rings (SSSR count). The first-order valence-electron chi connectivity index (χ1n) is 10.8. The van der Waals surface area contributed by atoms with Crippen molar-refractivity contribution in [2.45, 2.75) is 57.3 Å². The highest BCUT2D eigenvalue weighted by atomic mass is 16.1. The van der Waals surface area contributed by atoms with E-state index >= 15 is 0 Å². The van der Waals surface area contributed by atoms with Crippen LogP contribution in [-0.2, 0) is 5.41 Å². The number of ketones is 1. The van der Waals surface area contributed by atoms with Gasteiger partial charge in [0.15, 0.2) is 5.78 Å². The van der Waals surface area contributed by atoms with Gasteiger partial charge in [0.2, 0.25) is 0 Å². The van der Waals surface area contributed by atoms with Crippen molar-refractivity contribution >= 4 is 17.6 Å². The number of hydrogen-bond donors (Lipinski definition) is 0. The maximum absolute atomic E-state index is 12.5. The molecule has 4 nitrogen and oxygen atoms in total. The number of benzene rings is 1. The van der Waals surface area contributed by atoms with Gasteiger partial charge in [0.05, 0.1) is 0 Å². The van der Waals surface area contributed by atoms with E-state index in [0.717, 1.165) is 40.9 Å². The summed E-state index contributed by atoms with van der Waals surface area (Å²) >= 11 is 0. The van der Waals surface area contributed by atoms with Crippen LogP contribution in [0.25, 0.3) is 5.57 Å². The molecule has 0 radical (unpaired) electrons. The van der Waals surface area contributed by atoms with Crippen molar-refractivity contribution in [3.63, 3.8) is 0 Å². The molecule has 154 valence electrons. The fraction of sp³-hybridized carbons (Fsp3) is 0.385. The zero-order valence-corrected chi connectivity index (χ0v) is 18.1. The molecule has 1 atom stereocenters. The standard InChI is InChI=1S/C26H29N3O/c1-5-6-24(30)19-7-8-23-21(12-19)22(13-26(23)9-10-26)25-28-15-20(16-29-25)18(3)11-17(2)14-27-4/h7-8,11-12,14-16,22H,3,5-6,9-10,13H2,1-2,4H3/b17-11-,27-14?. The van der Waals surface area contributed by atoms with Crippen LogP contribution in [0.3, 0.4) is 0 Å². The molecule has 2 aliphatic carbocycles. The van der Waals surface area contributed by atoms with E-state index in [0.29, 0.717) is 6.42 Å². The van der Waals surface area contributed by atoms with Gasteiger partial charge in [-0.2, -0.15) is 0 Å². The summed E-state index contributed by atoms with van der Waals surface area (Å²) in [5.41, 5.74) is 6.56. The summed E-state index contributed by atoms with van der Waals surface area (Å²) in [5, 5.41) is 0. The molecule has 1 heterocycles. The number of aliphatic imine (C=N–C) groups is 1. The summed E-state index contributed by atoms with van der Waals surface area (Å²) in [6.45, 7) is 8.18. The lowest BCUT2D eigenvalue weighted by atomic mass is 9.95. The predicted octanol–water partition coefficient (Wildman–Crippen LogP) is 5.69. The van der Waals surface area contributed by atoms with Crippen molar-refractivity contribution in [2.75, 3.05) is 7.05 Å². The Hall–Kier alpha value is -2.88. The second kappa shape index (κ2) is 8.10. The molecule has 1 unspecified atom stereocenters. The molecule has 0 bridgehead atoms. The zero-order chi connectivity index (χ0) is 21.3. The number of allylic oxidation sites excluding steroid dienone is 3. The van der Waals surface area contributed by atoms with Crippen molar-refractivity contribution in [1.82, 2.24) is 9.97 Å². The SMILES string of the molecule is C=C(/C=C(/C)C=NC)c1cnc(C2CC3(CC3)c3ccc(C(=O)CCC)cc32)nc1. The van der Waals surface area contributed by atoms with Crippen LogP contribution in [-0.4, -0.2) is 29.0 Å². The van der Waals surface area contributed by atoms with E-state index in [4.69, 9.17) is 9.97 Å². The minimum absolute atomic E-state index is 0.156. The molecule has 2 aliphatic rings. The van der Waals surface area contributed by atoms with Gasteiger partial charge >= 0.3 is 0 Å². The summed E-state index contributed by atoms with van der Waals surface area (Å²) in [6.07, 6.45) is 12.5. The molecule has 1 saturated carbocycles. The minimum Gasteiger partial charge on any atom is -0.296 e. The quantitative estimate of drug-likeness (QED) is 0.341. The first-order valence-corrected chi connectivity index (χ1v) is 10.8. The number of fused-ring (bicyclic) bond motifs is 2. The molecular weight excluding hydrogens is 370 g/mol. The molecule has 0 aliphatic heterocycles. The Balaban J connectivity index is 1.63. The van der Waals surface area contributed by atoms with Crippen LogP contribution < -0.4 is 0 Å². The van der Waals surface area contributed by atoms with E-state index in [1.807, 2.05) is 44.6 Å². The predicted molar refractivity (Wildman–Crippen MR) is 122 cm³/mol. The highest BCUT2D eigenvalue weighted by molar-refractivity contribution is 5.96. The average Bonchev–Trinajstić information content (AvgIpc) is 3.45. The van der Waals surface area contributed by atoms with Gasteiger partial charge in [0.25, 0.3) is 0 Å². The number of rotatable bonds is 7. The summed E-state index contributed by atoms with van der Waals surface area (Å²) in [5.74, 6) is 1.22. The third kappa shape index (κ3) is 3.79. The number of aromatic nitrogens is 2. The van der Waals surface area contributed by atoms with Crippen molar-refractivity contribution in [2.24, 2.45) is 4.99 Å². The Labute approximate surface area is 178 Å². The van der Waals surface area contributed by atoms with Crippen LogP contribution in [0, 0.1) is 0 Å². The molecular formula is C26H29N3O. The summed E-state index contributed by atoms with van der Waals surface area (Å²) in [4.78, 5) is 25.9. The zero-order valence-electron chi connectivity index (χ0n) is 18.1. The lowest BCUT2D eigenvalue weighted by Gasteiger charge is -2.12. The number of hydrogen-bond acceptors (Lipinski definition) is 4. The van der Waals surface area contributed by atoms with Gasteiger partial charge in [-0.25, -0.2) is 9.97 Å². The smallest absolute Gasteiger partial charge is 0.162 e. The van der Waals surface area contributed by atoms with Crippen LogP contribution in [0.5, 0.6) is 0 Å². The lowest BCUT2D eigenvalue weighted by Crippen LogP contribution is -2.06. The fourth-order valence-electron chi connectivity index (χ4n) is 4.63. The Morgan fingerprint density at radius 2 is 2.00 bits per heavy atom. The van der Waals surface area contributed by atoms with Crippen LogP contribution in [0.1, 0.15) is 84.7 Å². The summed E-state index contributed by atoms with van der Waals surface area (Å²) in [7, 11) is 1.76. The van der Waals surface area contributed by atoms with Gasteiger partial charge in [-0.3, -0.25) is 9.79 Å². The highest BCUT2D eigenvalue weighted by Gasteiger charge is 2.53. The van der Waals surface area contributed by atoms with E-state index in [2.05, 4.69) is 23.7 Å². The van der Waals surface area contributed by atoms with E-state index in [1.165, 1.54) is 24.0 Å². The first-order chi connectivity index (χ1) is 14.5. The van der Waals surface area contributed by atoms with E-state index in [9.17, 15) is 4.79 Å². The minimum atomic E-state index is 0.156. The van der Waals surface area contributed by atoms with Gasteiger partial charge in [-0.05, 0) is 66.4 Å². The molecule has 1 aromatic carbocycles. The van der Waals surface area contributed by atoms with Gasteiger partial charge in [0, 0.05) is 49.1 Å². The molecule has 0 saturated heterocycles. The van der Waals surface area contributed by atoms with Crippen molar-refractivity contribution < 1.29 is 4.79 Å². The first kappa shape index (κ1) is 20.4. The number of Topliss-reactive ketones (excluding diaryl/α,β-unsaturated/α-hetero) is 1. The summed E-state index contributed by atoms with van der Waals surface area (Å²) in [6, 6.07) is 6.31. The monoisotopic (exact) mass is 399 g/mol. The molecule has 4 heteroatoms. The van der Waals surface area contributed by atoms with Gasteiger partial charge < -0.3 is 0 Å². The molecule has 0 N–H and O–H groups in total. The molecule has 1 fully saturated rings. The van der Waals surface area contributed by atoms with Gasteiger partial charge in [-0.15, -0.1) is 0 Å². The normalized spacial score (nSPS) is 19.3. The van der Waals surface area contributed by atoms with Crippen LogP contribution in [0.4, 0.5) is 0 Å². The molecule has 1 spiro atoms. The molecule has 0 amide bonds. The lowest BCUT2D eigenvalue weighted by molar-refractivity contribution is 0.0981. The third-order valence-electron chi connectivity index (χ3n) is 6.33. The third-order valence-corrected chi connectivity index (χ3v) is 6.33. The largest absolute Gasteiger partial charge is 0.296 e. The topological polar surface area (TPSA) is 55.2 Å². The molecule has 2 aromatic rings. The van der Waals surface area contributed by atoms with Gasteiger partial charge in [-0.1, -0.05) is 31.7 Å². The Bertz CT molecular complexity index is 1040. The van der Waals surface area contributed by atoms with E-state index in [-0.39, 0.29) is 17.1 Å². The maximum Gasteiger partial charge on any atom is 0.162 e. The van der Waals surface area contributed by atoms with Crippen molar-refractivity contribution in [1.29, 1.82) is 0 Å². The molecule has 30 heavy (non-hydrogen) atoms.